The Hall–Kier alpha value is -1.76. The molecule has 0 amide bonds. The Morgan fingerprint density at radius 2 is 2.24 bits per heavy atom. The maximum Gasteiger partial charge on any atom is 0.295 e. The second-order valence-corrected chi connectivity index (χ2v) is 5.78. The van der Waals surface area contributed by atoms with Crippen molar-refractivity contribution in [2.45, 2.75) is 38.1 Å². The molecule has 116 valence electrons. The molecule has 2 atom stereocenters. The maximum absolute atomic E-state index is 14.0. The first-order valence-electron chi connectivity index (χ1n) is 6.90. The molecule has 1 aliphatic rings. The van der Waals surface area contributed by atoms with Crippen molar-refractivity contribution in [3.8, 4) is 0 Å². The largest absolute Gasteiger partial charge is 0.394 e. The summed E-state index contributed by atoms with van der Waals surface area (Å²) in [7, 11) is 0. The highest BCUT2D eigenvalue weighted by Crippen LogP contribution is 2.38. The summed E-state index contributed by atoms with van der Waals surface area (Å²) in [5.41, 5.74) is -1.86. The number of halogens is 2. The molecule has 0 bridgehead atoms. The van der Waals surface area contributed by atoms with Crippen LogP contribution in [0.15, 0.2) is 12.1 Å². The maximum atomic E-state index is 14.0. The van der Waals surface area contributed by atoms with E-state index in [1.165, 1.54) is 0 Å². The minimum atomic E-state index is -1.28. The van der Waals surface area contributed by atoms with Gasteiger partial charge in [0, 0.05) is 6.07 Å². The monoisotopic (exact) mass is 300 g/mol. The topological polar surface area (TPSA) is 75.4 Å². The summed E-state index contributed by atoms with van der Waals surface area (Å²) in [5.74, 6) is -2.13. The normalized spacial score (nSPS) is 25.6. The lowest BCUT2D eigenvalue weighted by Gasteiger charge is -2.40. The highest BCUT2D eigenvalue weighted by atomic mass is 19.2. The summed E-state index contributed by atoms with van der Waals surface area (Å²) in [6.45, 7) is 1.71. The quantitative estimate of drug-likeness (QED) is 0.661. The van der Waals surface area contributed by atoms with E-state index in [0.717, 1.165) is 25.0 Å². The average Bonchev–Trinajstić information content (AvgIpc) is 2.44. The third kappa shape index (κ3) is 3.12. The number of nitro benzene ring substituents is 1. The Morgan fingerprint density at radius 1 is 1.52 bits per heavy atom. The number of nitrogens with zero attached hydrogens (tertiary/aromatic N) is 1. The van der Waals surface area contributed by atoms with Gasteiger partial charge in [-0.25, -0.2) is 8.78 Å². The molecule has 2 rings (SSSR count). The van der Waals surface area contributed by atoms with E-state index < -0.39 is 33.5 Å². The molecule has 0 saturated heterocycles. The first-order chi connectivity index (χ1) is 9.88. The minimum Gasteiger partial charge on any atom is -0.394 e. The predicted octanol–water partition coefficient (Wildman–Crippen LogP) is 3.23. The van der Waals surface area contributed by atoms with E-state index >= 15 is 0 Å². The van der Waals surface area contributed by atoms with Crippen LogP contribution in [-0.2, 0) is 0 Å². The van der Waals surface area contributed by atoms with Crippen LogP contribution in [0.25, 0.3) is 0 Å². The number of benzene rings is 1. The van der Waals surface area contributed by atoms with E-state index in [-0.39, 0.29) is 6.61 Å². The van der Waals surface area contributed by atoms with Crippen molar-refractivity contribution in [3.05, 3.63) is 33.9 Å². The zero-order chi connectivity index (χ0) is 15.6. The number of hydrogen-bond donors (Lipinski definition) is 2. The predicted molar refractivity (Wildman–Crippen MR) is 74.1 cm³/mol. The first-order valence-corrected chi connectivity index (χ1v) is 6.90. The Bertz CT molecular complexity index is 553. The molecule has 1 aliphatic carbocycles. The molecule has 1 aromatic rings. The van der Waals surface area contributed by atoms with Gasteiger partial charge in [-0.2, -0.15) is 0 Å². The molecule has 1 aromatic carbocycles. The van der Waals surface area contributed by atoms with Crippen molar-refractivity contribution in [2.75, 3.05) is 11.9 Å². The summed E-state index contributed by atoms with van der Waals surface area (Å²) < 4.78 is 27.3. The van der Waals surface area contributed by atoms with E-state index in [1.807, 2.05) is 6.92 Å². The van der Waals surface area contributed by atoms with Gasteiger partial charge in [-0.05, 0) is 24.8 Å². The van der Waals surface area contributed by atoms with Crippen LogP contribution in [0.3, 0.4) is 0 Å². The molecule has 1 fully saturated rings. The molecular weight excluding hydrogens is 282 g/mol. The van der Waals surface area contributed by atoms with Crippen LogP contribution < -0.4 is 5.32 Å². The number of anilines is 1. The Morgan fingerprint density at radius 3 is 2.81 bits per heavy atom. The van der Waals surface area contributed by atoms with Gasteiger partial charge in [-0.3, -0.25) is 10.1 Å². The van der Waals surface area contributed by atoms with Crippen LogP contribution in [0, 0.1) is 27.7 Å². The van der Waals surface area contributed by atoms with Crippen molar-refractivity contribution in [2.24, 2.45) is 5.92 Å². The second kappa shape index (κ2) is 5.93. The summed E-state index contributed by atoms with van der Waals surface area (Å²) in [5, 5.41) is 23.4. The molecule has 0 aliphatic heterocycles. The standard InChI is InChI=1S/C14H18F2N2O3/c1-9-3-2-6-14(7-9,8-19)17-13-11(18(20)21)5-4-10(15)12(13)16/h4-5,9,17,19H,2-3,6-8H2,1H3. The Kier molecular flexibility index (Phi) is 4.41. The molecule has 1 saturated carbocycles. The fourth-order valence-electron chi connectivity index (χ4n) is 3.03. The van der Waals surface area contributed by atoms with E-state index in [0.29, 0.717) is 18.8 Å². The summed E-state index contributed by atoms with van der Waals surface area (Å²) in [4.78, 5) is 10.2. The lowest BCUT2D eigenvalue weighted by atomic mass is 9.76. The van der Waals surface area contributed by atoms with Gasteiger partial charge in [0.25, 0.3) is 5.69 Å². The number of aliphatic hydroxyl groups is 1. The van der Waals surface area contributed by atoms with Crippen LogP contribution in [0.1, 0.15) is 32.6 Å². The molecule has 21 heavy (non-hydrogen) atoms. The Balaban J connectivity index is 2.41. The first kappa shape index (κ1) is 15.6. The molecule has 0 spiro atoms. The highest BCUT2D eigenvalue weighted by molar-refractivity contribution is 5.64. The van der Waals surface area contributed by atoms with Gasteiger partial charge in [-0.15, -0.1) is 0 Å². The van der Waals surface area contributed by atoms with Crippen LogP contribution in [0.2, 0.25) is 0 Å². The molecule has 7 heteroatoms. The van der Waals surface area contributed by atoms with Gasteiger partial charge in [0.05, 0.1) is 17.1 Å². The van der Waals surface area contributed by atoms with Crippen molar-refractivity contribution in [1.82, 2.24) is 0 Å². The molecular formula is C14H18F2N2O3. The molecule has 0 aromatic heterocycles. The van der Waals surface area contributed by atoms with E-state index in [9.17, 15) is 24.0 Å². The lowest BCUT2D eigenvalue weighted by molar-refractivity contribution is -0.384. The van der Waals surface area contributed by atoms with E-state index in [2.05, 4.69) is 5.32 Å². The third-order valence-corrected chi connectivity index (χ3v) is 4.05. The average molecular weight is 300 g/mol. The number of nitrogens with one attached hydrogen (secondary N) is 1. The van der Waals surface area contributed by atoms with Crippen LogP contribution in [0.4, 0.5) is 20.2 Å². The SMILES string of the molecule is CC1CCCC(CO)(Nc2c([N+](=O)[O-])ccc(F)c2F)C1. The van der Waals surface area contributed by atoms with Gasteiger partial charge in [-0.1, -0.05) is 19.8 Å². The number of rotatable bonds is 4. The van der Waals surface area contributed by atoms with Crippen molar-refractivity contribution in [3.63, 3.8) is 0 Å². The third-order valence-electron chi connectivity index (χ3n) is 4.05. The van der Waals surface area contributed by atoms with Gasteiger partial charge in [0.15, 0.2) is 17.3 Å². The van der Waals surface area contributed by atoms with Crippen molar-refractivity contribution >= 4 is 11.4 Å². The molecule has 2 N–H and O–H groups in total. The molecule has 2 unspecified atom stereocenters. The van der Waals surface area contributed by atoms with Gasteiger partial charge < -0.3 is 10.4 Å². The van der Waals surface area contributed by atoms with E-state index in [4.69, 9.17) is 0 Å². The van der Waals surface area contributed by atoms with Crippen LogP contribution in [0.5, 0.6) is 0 Å². The van der Waals surface area contributed by atoms with Gasteiger partial charge in [0.2, 0.25) is 0 Å². The van der Waals surface area contributed by atoms with Crippen LogP contribution >= 0.6 is 0 Å². The zero-order valence-electron chi connectivity index (χ0n) is 11.7. The molecule has 0 radical (unpaired) electrons. The fourth-order valence-corrected chi connectivity index (χ4v) is 3.03. The Labute approximate surface area is 121 Å². The van der Waals surface area contributed by atoms with E-state index in [1.54, 1.807) is 0 Å². The number of nitro groups is 1. The van der Waals surface area contributed by atoms with Gasteiger partial charge >= 0.3 is 0 Å². The number of aliphatic hydroxyl groups excluding tert-OH is 1. The van der Waals surface area contributed by atoms with Crippen molar-refractivity contribution in [1.29, 1.82) is 0 Å². The zero-order valence-corrected chi connectivity index (χ0v) is 11.7. The minimum absolute atomic E-state index is 0.287. The lowest BCUT2D eigenvalue weighted by Crippen LogP contribution is -2.46. The highest BCUT2D eigenvalue weighted by Gasteiger charge is 2.37. The second-order valence-electron chi connectivity index (χ2n) is 5.78. The summed E-state index contributed by atoms with van der Waals surface area (Å²) in [6.07, 6.45) is 2.91. The van der Waals surface area contributed by atoms with Crippen molar-refractivity contribution < 1.29 is 18.8 Å². The fraction of sp³-hybridized carbons (Fsp3) is 0.571. The summed E-state index contributed by atoms with van der Waals surface area (Å²) in [6, 6.07) is 1.66. The van der Waals surface area contributed by atoms with Gasteiger partial charge in [0.1, 0.15) is 0 Å². The smallest absolute Gasteiger partial charge is 0.295 e. The summed E-state index contributed by atoms with van der Waals surface area (Å²) >= 11 is 0. The van der Waals surface area contributed by atoms with Crippen LogP contribution in [-0.4, -0.2) is 22.2 Å². The molecule has 0 heterocycles. The molecule has 5 nitrogen and oxygen atoms in total. The number of hydrogen-bond acceptors (Lipinski definition) is 4.